The highest BCUT2D eigenvalue weighted by Gasteiger charge is 2.32. The Bertz CT molecular complexity index is 913. The molecule has 1 heterocycles. The number of carbonyl (C=O) groups excluding carboxylic acids is 2. The number of thiol groups is 1. The summed E-state index contributed by atoms with van der Waals surface area (Å²) < 4.78 is 10.5. The first-order chi connectivity index (χ1) is 12.4. The van der Waals surface area contributed by atoms with Gasteiger partial charge in [-0.1, -0.05) is 12.1 Å². The average Bonchev–Trinajstić information content (AvgIpc) is 2.91. The van der Waals surface area contributed by atoms with Crippen LogP contribution in [0.15, 0.2) is 35.5 Å². The number of methoxy groups -OCH3 is 1. The lowest BCUT2D eigenvalue weighted by Crippen LogP contribution is -2.06. The fourth-order valence-electron chi connectivity index (χ4n) is 2.78. The van der Waals surface area contributed by atoms with Gasteiger partial charge in [-0.3, -0.25) is 9.59 Å². The minimum atomic E-state index is -0.773. The van der Waals surface area contributed by atoms with E-state index in [-0.39, 0.29) is 29.7 Å². The molecular weight excluding hydrogens is 356 g/mol. The maximum Gasteiger partial charge on any atom is 0.309 e. The molecule has 1 aliphatic rings. The molecule has 1 amide bonds. The number of aryl methyl sites for hydroxylation is 1. The summed E-state index contributed by atoms with van der Waals surface area (Å²) in [6, 6.07) is 8.47. The van der Waals surface area contributed by atoms with Crippen molar-refractivity contribution >= 4 is 35.9 Å². The van der Waals surface area contributed by atoms with Gasteiger partial charge in [-0.15, -0.1) is 4.91 Å². The Kier molecular flexibility index (Phi) is 4.94. The number of nitrogens with zero attached hydrogens (tertiary/aromatic N) is 1. The van der Waals surface area contributed by atoms with E-state index in [9.17, 15) is 14.5 Å². The van der Waals surface area contributed by atoms with Gasteiger partial charge in [0.1, 0.15) is 11.0 Å². The second-order valence-corrected chi connectivity index (χ2v) is 6.33. The second kappa shape index (κ2) is 7.17. The van der Waals surface area contributed by atoms with Gasteiger partial charge in [0.05, 0.1) is 13.5 Å². The number of rotatable bonds is 5. The van der Waals surface area contributed by atoms with Crippen LogP contribution in [0, 0.1) is 11.8 Å². The third-order valence-corrected chi connectivity index (χ3v) is 4.58. The Balaban J connectivity index is 1.92. The number of nitroso groups, excluding NO2 is 1. The Morgan fingerprint density at radius 2 is 2.00 bits per heavy atom. The van der Waals surface area contributed by atoms with Crippen LogP contribution in [-0.4, -0.2) is 19.0 Å². The second-order valence-electron chi connectivity index (χ2n) is 5.81. The predicted octanol–water partition coefficient (Wildman–Crippen LogP) is 3.82. The van der Waals surface area contributed by atoms with E-state index in [1.807, 2.05) is 6.92 Å². The maximum absolute atomic E-state index is 11.8. The SMILES string of the molecule is COC(=O)Cc1ccc(Oc2ccc3c(c2N=O)C(S)C(=O)N3)c(C)c1. The fraction of sp³-hybridized carbons (Fsp3) is 0.222. The lowest BCUT2D eigenvalue weighted by molar-refractivity contribution is -0.139. The Morgan fingerprint density at radius 3 is 2.65 bits per heavy atom. The zero-order chi connectivity index (χ0) is 18.8. The molecule has 1 aliphatic heterocycles. The third kappa shape index (κ3) is 3.28. The topological polar surface area (TPSA) is 94.1 Å². The van der Waals surface area contributed by atoms with Gasteiger partial charge in [-0.05, 0) is 41.4 Å². The van der Waals surface area contributed by atoms with E-state index in [4.69, 9.17) is 4.74 Å². The smallest absolute Gasteiger partial charge is 0.309 e. The lowest BCUT2D eigenvalue weighted by atomic mass is 10.1. The highest BCUT2D eigenvalue weighted by atomic mass is 32.1. The van der Waals surface area contributed by atoms with Gasteiger partial charge in [-0.25, -0.2) is 0 Å². The number of anilines is 1. The van der Waals surface area contributed by atoms with E-state index in [1.54, 1.807) is 30.3 Å². The molecular formula is C18H16N2O5S. The molecule has 0 aromatic heterocycles. The van der Waals surface area contributed by atoms with Crippen LogP contribution in [0.3, 0.4) is 0 Å². The van der Waals surface area contributed by atoms with E-state index < -0.39 is 5.25 Å². The highest BCUT2D eigenvalue weighted by molar-refractivity contribution is 7.81. The molecule has 0 saturated carbocycles. The molecule has 1 N–H and O–H groups in total. The molecule has 134 valence electrons. The monoisotopic (exact) mass is 372 g/mol. The summed E-state index contributed by atoms with van der Waals surface area (Å²) in [6.07, 6.45) is 0.159. The van der Waals surface area contributed by atoms with Gasteiger partial charge in [0, 0.05) is 11.3 Å². The number of nitrogens with one attached hydrogen (secondary N) is 1. The van der Waals surface area contributed by atoms with Crippen molar-refractivity contribution in [2.45, 2.75) is 18.6 Å². The van der Waals surface area contributed by atoms with Crippen LogP contribution in [0.5, 0.6) is 11.5 Å². The van der Waals surface area contributed by atoms with Crippen molar-refractivity contribution in [3.63, 3.8) is 0 Å². The minimum Gasteiger partial charge on any atom is -0.469 e. The minimum absolute atomic E-state index is 0.0406. The van der Waals surface area contributed by atoms with E-state index in [1.165, 1.54) is 7.11 Å². The van der Waals surface area contributed by atoms with Crippen LogP contribution in [-0.2, 0) is 20.7 Å². The van der Waals surface area contributed by atoms with E-state index >= 15 is 0 Å². The van der Waals surface area contributed by atoms with Crippen molar-refractivity contribution in [2.75, 3.05) is 12.4 Å². The number of ether oxygens (including phenoxy) is 2. The standard InChI is InChI=1S/C18H16N2O5S/c1-9-7-10(8-14(21)24-2)3-5-12(9)25-13-6-4-11-15(16(13)20-23)17(26)18(22)19-11/h3-7,17,26H,8H2,1-2H3,(H,19,22). The van der Waals surface area contributed by atoms with Gasteiger partial charge in [0.2, 0.25) is 5.91 Å². The summed E-state index contributed by atoms with van der Waals surface area (Å²) in [7, 11) is 1.34. The first-order valence-electron chi connectivity index (χ1n) is 7.78. The van der Waals surface area contributed by atoms with Crippen LogP contribution in [0.25, 0.3) is 0 Å². The molecule has 1 atom stereocenters. The summed E-state index contributed by atoms with van der Waals surface area (Å²) in [4.78, 5) is 34.5. The summed E-state index contributed by atoms with van der Waals surface area (Å²) in [5.41, 5.74) is 2.52. The molecule has 7 nitrogen and oxygen atoms in total. The predicted molar refractivity (Wildman–Crippen MR) is 99.2 cm³/mol. The molecule has 2 aromatic rings. The van der Waals surface area contributed by atoms with E-state index in [0.29, 0.717) is 17.0 Å². The molecule has 1 unspecified atom stereocenters. The average molecular weight is 372 g/mol. The zero-order valence-corrected chi connectivity index (χ0v) is 15.0. The van der Waals surface area contributed by atoms with Crippen LogP contribution < -0.4 is 10.1 Å². The largest absolute Gasteiger partial charge is 0.469 e. The Labute approximate surface area is 155 Å². The molecule has 0 aliphatic carbocycles. The zero-order valence-electron chi connectivity index (χ0n) is 14.1. The van der Waals surface area contributed by atoms with Gasteiger partial charge < -0.3 is 14.8 Å². The molecule has 0 spiro atoms. The third-order valence-electron chi connectivity index (χ3n) is 4.09. The van der Waals surface area contributed by atoms with Crippen molar-refractivity contribution in [3.05, 3.63) is 51.9 Å². The van der Waals surface area contributed by atoms with Crippen molar-refractivity contribution in [2.24, 2.45) is 5.18 Å². The Morgan fingerprint density at radius 1 is 1.27 bits per heavy atom. The van der Waals surface area contributed by atoms with Crippen molar-refractivity contribution in [1.82, 2.24) is 0 Å². The van der Waals surface area contributed by atoms with E-state index in [0.717, 1.165) is 11.1 Å². The molecule has 3 rings (SSSR count). The Hall–Kier alpha value is -2.87. The summed E-state index contributed by atoms with van der Waals surface area (Å²) in [5, 5.41) is 4.91. The quantitative estimate of drug-likeness (QED) is 0.473. The summed E-state index contributed by atoms with van der Waals surface area (Å²) >= 11 is 4.23. The van der Waals surface area contributed by atoms with Crippen molar-refractivity contribution < 1.29 is 19.1 Å². The molecule has 0 fully saturated rings. The van der Waals surface area contributed by atoms with Gasteiger partial charge in [0.15, 0.2) is 11.4 Å². The molecule has 0 radical (unpaired) electrons. The van der Waals surface area contributed by atoms with Gasteiger partial charge >= 0.3 is 5.97 Å². The molecule has 0 bridgehead atoms. The van der Waals surface area contributed by atoms with Gasteiger partial charge in [0.25, 0.3) is 0 Å². The fourth-order valence-corrected chi connectivity index (χ4v) is 3.10. The first-order valence-corrected chi connectivity index (χ1v) is 8.29. The van der Waals surface area contributed by atoms with Crippen molar-refractivity contribution in [1.29, 1.82) is 0 Å². The van der Waals surface area contributed by atoms with Crippen LogP contribution in [0.1, 0.15) is 21.9 Å². The van der Waals surface area contributed by atoms with Crippen molar-refractivity contribution in [3.8, 4) is 11.5 Å². The van der Waals surface area contributed by atoms with Crippen LogP contribution in [0.4, 0.5) is 11.4 Å². The number of esters is 1. The van der Waals surface area contributed by atoms with E-state index in [2.05, 4.69) is 27.9 Å². The van der Waals surface area contributed by atoms with Crippen LogP contribution in [0.2, 0.25) is 0 Å². The first kappa shape index (κ1) is 17.9. The molecule has 8 heteroatoms. The number of amides is 1. The maximum atomic E-state index is 11.8. The molecule has 2 aromatic carbocycles. The number of hydrogen-bond acceptors (Lipinski definition) is 7. The van der Waals surface area contributed by atoms with Gasteiger partial charge in [-0.2, -0.15) is 12.6 Å². The normalized spacial score (nSPS) is 15.2. The van der Waals surface area contributed by atoms with Crippen LogP contribution >= 0.6 is 12.6 Å². The highest BCUT2D eigenvalue weighted by Crippen LogP contribution is 2.47. The molecule has 26 heavy (non-hydrogen) atoms. The lowest BCUT2D eigenvalue weighted by Gasteiger charge is -2.13. The summed E-state index contributed by atoms with van der Waals surface area (Å²) in [5.74, 6) is 0.101. The number of carbonyl (C=O) groups is 2. The summed E-state index contributed by atoms with van der Waals surface area (Å²) in [6.45, 7) is 1.82. The number of hydrogen-bond donors (Lipinski definition) is 2. The number of benzene rings is 2. The number of fused-ring (bicyclic) bond motifs is 1. The molecule has 0 saturated heterocycles.